The van der Waals surface area contributed by atoms with Gasteiger partial charge in [0.25, 0.3) is 0 Å². The third-order valence-corrected chi connectivity index (χ3v) is 4.32. The minimum atomic E-state index is -0.231. The molecule has 0 radical (unpaired) electrons. The molecule has 1 fully saturated rings. The number of carbonyl (C=O) groups is 1. The van der Waals surface area contributed by atoms with E-state index in [0.717, 1.165) is 49.9 Å². The first kappa shape index (κ1) is 16.4. The Kier molecular flexibility index (Phi) is 5.38. The number of para-hydroxylation sites is 2. The highest BCUT2D eigenvalue weighted by Gasteiger charge is 2.18. The summed E-state index contributed by atoms with van der Waals surface area (Å²) in [7, 11) is 0. The van der Waals surface area contributed by atoms with E-state index in [-0.39, 0.29) is 6.03 Å². The van der Waals surface area contributed by atoms with Gasteiger partial charge < -0.3 is 24.9 Å². The second-order valence-corrected chi connectivity index (χ2v) is 5.83. The van der Waals surface area contributed by atoms with Gasteiger partial charge >= 0.3 is 6.03 Å². The highest BCUT2D eigenvalue weighted by Crippen LogP contribution is 2.26. The summed E-state index contributed by atoms with van der Waals surface area (Å²) in [5, 5.41) is 5.76. The second kappa shape index (κ2) is 7.88. The SMILES string of the molecule is CCN1CCN(c2ccccc2NC(=O)NCc2ccco2)CC1. The number of hydrogen-bond donors (Lipinski definition) is 2. The van der Waals surface area contributed by atoms with Gasteiger partial charge in [0.1, 0.15) is 5.76 Å². The molecule has 1 aromatic carbocycles. The number of amides is 2. The van der Waals surface area contributed by atoms with Crippen molar-refractivity contribution in [1.82, 2.24) is 10.2 Å². The van der Waals surface area contributed by atoms with E-state index >= 15 is 0 Å². The van der Waals surface area contributed by atoms with Gasteiger partial charge in [-0.3, -0.25) is 0 Å². The number of likely N-dealkylation sites (N-methyl/N-ethyl adjacent to an activating group) is 1. The summed E-state index contributed by atoms with van der Waals surface area (Å²) in [6, 6.07) is 11.4. The number of carbonyl (C=O) groups excluding carboxylic acids is 1. The van der Waals surface area contributed by atoms with Gasteiger partial charge in [-0.1, -0.05) is 19.1 Å². The average molecular weight is 328 g/mol. The van der Waals surface area contributed by atoms with Gasteiger partial charge in [-0.25, -0.2) is 4.79 Å². The van der Waals surface area contributed by atoms with Crippen molar-refractivity contribution in [2.75, 3.05) is 42.9 Å². The largest absolute Gasteiger partial charge is 0.467 e. The number of hydrogen-bond acceptors (Lipinski definition) is 4. The van der Waals surface area contributed by atoms with E-state index < -0.39 is 0 Å². The van der Waals surface area contributed by atoms with E-state index in [4.69, 9.17) is 4.42 Å². The Hall–Kier alpha value is -2.47. The van der Waals surface area contributed by atoms with Gasteiger partial charge in [-0.15, -0.1) is 0 Å². The minimum Gasteiger partial charge on any atom is -0.467 e. The second-order valence-electron chi connectivity index (χ2n) is 5.83. The van der Waals surface area contributed by atoms with Gasteiger partial charge in [0, 0.05) is 26.2 Å². The number of piperazine rings is 1. The molecule has 2 amide bonds. The van der Waals surface area contributed by atoms with E-state index in [2.05, 4.69) is 33.4 Å². The highest BCUT2D eigenvalue weighted by molar-refractivity contribution is 5.93. The Morgan fingerprint density at radius 3 is 2.62 bits per heavy atom. The average Bonchev–Trinajstić information content (AvgIpc) is 3.14. The van der Waals surface area contributed by atoms with Crippen molar-refractivity contribution in [2.45, 2.75) is 13.5 Å². The summed E-state index contributed by atoms with van der Waals surface area (Å²) >= 11 is 0. The minimum absolute atomic E-state index is 0.231. The van der Waals surface area contributed by atoms with E-state index in [0.29, 0.717) is 6.54 Å². The van der Waals surface area contributed by atoms with E-state index in [9.17, 15) is 4.79 Å². The maximum absolute atomic E-state index is 12.2. The van der Waals surface area contributed by atoms with Crippen molar-refractivity contribution in [1.29, 1.82) is 0 Å². The molecule has 6 nitrogen and oxygen atoms in total. The first-order chi connectivity index (χ1) is 11.8. The van der Waals surface area contributed by atoms with Crippen LogP contribution in [0.5, 0.6) is 0 Å². The van der Waals surface area contributed by atoms with Crippen molar-refractivity contribution >= 4 is 17.4 Å². The Morgan fingerprint density at radius 2 is 1.92 bits per heavy atom. The van der Waals surface area contributed by atoms with Crippen LogP contribution in [0.25, 0.3) is 0 Å². The summed E-state index contributed by atoms with van der Waals surface area (Å²) in [4.78, 5) is 16.9. The van der Waals surface area contributed by atoms with Crippen LogP contribution < -0.4 is 15.5 Å². The van der Waals surface area contributed by atoms with Crippen LogP contribution in [0, 0.1) is 0 Å². The van der Waals surface area contributed by atoms with Crippen LogP contribution in [0.1, 0.15) is 12.7 Å². The summed E-state index contributed by atoms with van der Waals surface area (Å²) < 4.78 is 5.22. The molecule has 2 aromatic rings. The zero-order valence-electron chi connectivity index (χ0n) is 14.0. The topological polar surface area (TPSA) is 60.8 Å². The summed E-state index contributed by atoms with van der Waals surface area (Å²) in [6.45, 7) is 7.69. The summed E-state index contributed by atoms with van der Waals surface area (Å²) in [6.07, 6.45) is 1.60. The summed E-state index contributed by atoms with van der Waals surface area (Å²) in [5.41, 5.74) is 1.90. The van der Waals surface area contributed by atoms with Crippen LogP contribution in [-0.2, 0) is 6.54 Å². The van der Waals surface area contributed by atoms with Gasteiger partial charge in [0.15, 0.2) is 0 Å². The van der Waals surface area contributed by atoms with Crippen molar-refractivity contribution in [3.8, 4) is 0 Å². The normalized spacial score (nSPS) is 15.3. The lowest BCUT2D eigenvalue weighted by molar-refractivity contribution is 0.251. The number of anilines is 2. The molecular weight excluding hydrogens is 304 g/mol. The molecule has 1 saturated heterocycles. The molecule has 0 aliphatic carbocycles. The molecule has 0 atom stereocenters. The van der Waals surface area contributed by atoms with Crippen LogP contribution >= 0.6 is 0 Å². The molecule has 1 aliphatic heterocycles. The molecule has 6 heteroatoms. The third kappa shape index (κ3) is 4.08. The Bertz CT molecular complexity index is 649. The van der Waals surface area contributed by atoms with Crippen LogP contribution in [0.15, 0.2) is 47.1 Å². The fraction of sp³-hybridized carbons (Fsp3) is 0.389. The van der Waals surface area contributed by atoms with E-state index in [1.807, 2.05) is 24.3 Å². The predicted octanol–water partition coefficient (Wildman–Crippen LogP) is 2.74. The lowest BCUT2D eigenvalue weighted by Crippen LogP contribution is -2.46. The summed E-state index contributed by atoms with van der Waals surface area (Å²) in [5.74, 6) is 0.731. The molecule has 2 N–H and O–H groups in total. The molecule has 0 spiro atoms. The molecular formula is C18H24N4O2. The van der Waals surface area contributed by atoms with Crippen LogP contribution in [0.2, 0.25) is 0 Å². The zero-order chi connectivity index (χ0) is 16.8. The van der Waals surface area contributed by atoms with Gasteiger partial charge in [0.2, 0.25) is 0 Å². The Morgan fingerprint density at radius 1 is 1.12 bits per heavy atom. The molecule has 128 valence electrons. The Balaban J connectivity index is 1.60. The molecule has 3 rings (SSSR count). The smallest absolute Gasteiger partial charge is 0.319 e. The highest BCUT2D eigenvalue weighted by atomic mass is 16.3. The van der Waals surface area contributed by atoms with E-state index in [1.54, 1.807) is 12.3 Å². The maximum Gasteiger partial charge on any atom is 0.319 e. The fourth-order valence-corrected chi connectivity index (χ4v) is 2.91. The number of urea groups is 1. The lowest BCUT2D eigenvalue weighted by atomic mass is 10.2. The van der Waals surface area contributed by atoms with E-state index in [1.165, 1.54) is 0 Å². The van der Waals surface area contributed by atoms with Crippen LogP contribution in [0.3, 0.4) is 0 Å². The quantitative estimate of drug-likeness (QED) is 0.886. The standard InChI is InChI=1S/C18H24N4O2/c1-2-21-9-11-22(12-10-21)17-8-4-3-7-16(17)20-18(23)19-14-15-6-5-13-24-15/h3-8,13H,2,9-12,14H2,1H3,(H2,19,20,23). The van der Waals surface area contributed by atoms with Gasteiger partial charge in [0.05, 0.1) is 24.2 Å². The fourth-order valence-electron chi connectivity index (χ4n) is 2.91. The maximum atomic E-state index is 12.2. The number of rotatable bonds is 5. The van der Waals surface area contributed by atoms with Crippen LogP contribution in [-0.4, -0.2) is 43.7 Å². The predicted molar refractivity (Wildman–Crippen MR) is 95.3 cm³/mol. The lowest BCUT2D eigenvalue weighted by Gasteiger charge is -2.36. The molecule has 1 aliphatic rings. The van der Waals surface area contributed by atoms with Gasteiger partial charge in [-0.05, 0) is 30.8 Å². The van der Waals surface area contributed by atoms with Crippen molar-refractivity contribution < 1.29 is 9.21 Å². The monoisotopic (exact) mass is 328 g/mol. The first-order valence-corrected chi connectivity index (χ1v) is 8.40. The molecule has 0 bridgehead atoms. The third-order valence-electron chi connectivity index (χ3n) is 4.32. The molecule has 2 heterocycles. The number of benzene rings is 1. The van der Waals surface area contributed by atoms with Crippen molar-refractivity contribution in [2.24, 2.45) is 0 Å². The van der Waals surface area contributed by atoms with Gasteiger partial charge in [-0.2, -0.15) is 0 Å². The van der Waals surface area contributed by atoms with Crippen LogP contribution in [0.4, 0.5) is 16.2 Å². The zero-order valence-corrected chi connectivity index (χ0v) is 14.0. The first-order valence-electron chi connectivity index (χ1n) is 8.40. The number of nitrogens with zero attached hydrogens (tertiary/aromatic N) is 2. The molecule has 24 heavy (non-hydrogen) atoms. The molecule has 0 saturated carbocycles. The number of nitrogens with one attached hydrogen (secondary N) is 2. The number of furan rings is 1. The molecule has 0 unspecified atom stereocenters. The van der Waals surface area contributed by atoms with Crippen molar-refractivity contribution in [3.63, 3.8) is 0 Å². The molecule has 1 aromatic heterocycles. The Labute approximate surface area is 142 Å². The van der Waals surface area contributed by atoms with Crippen molar-refractivity contribution in [3.05, 3.63) is 48.4 Å².